The molecule has 0 heterocycles. The van der Waals surface area contributed by atoms with E-state index in [0.717, 1.165) is 32.1 Å². The van der Waals surface area contributed by atoms with Crippen LogP contribution in [0.2, 0.25) is 0 Å². The second-order valence-electron chi connectivity index (χ2n) is 5.28. The molecule has 0 amide bonds. The molecule has 0 radical (unpaired) electrons. The standard InChI is InChI=1S/C14H27NO4/c1-17-8-5-9-18-10-11-19-13(16)12-14(15)6-3-2-4-7-14/h2-12,15H2,1H3. The predicted octanol–water partition coefficient (Wildman–Crippen LogP) is 1.63. The van der Waals surface area contributed by atoms with Crippen LogP contribution in [0.15, 0.2) is 0 Å². The summed E-state index contributed by atoms with van der Waals surface area (Å²) in [7, 11) is 1.66. The number of hydrogen-bond acceptors (Lipinski definition) is 5. The van der Waals surface area contributed by atoms with Gasteiger partial charge < -0.3 is 19.9 Å². The van der Waals surface area contributed by atoms with Gasteiger partial charge in [-0.2, -0.15) is 0 Å². The minimum absolute atomic E-state index is 0.204. The van der Waals surface area contributed by atoms with Crippen LogP contribution in [-0.4, -0.2) is 45.0 Å². The summed E-state index contributed by atoms with van der Waals surface area (Å²) in [6, 6.07) is 0. The minimum atomic E-state index is -0.339. The lowest BCUT2D eigenvalue weighted by Gasteiger charge is -2.32. The molecule has 1 saturated carbocycles. The largest absolute Gasteiger partial charge is 0.463 e. The quantitative estimate of drug-likeness (QED) is 0.511. The van der Waals surface area contributed by atoms with Crippen molar-refractivity contribution in [1.29, 1.82) is 0 Å². The fourth-order valence-corrected chi connectivity index (χ4v) is 2.39. The van der Waals surface area contributed by atoms with E-state index in [0.29, 0.717) is 32.8 Å². The Kier molecular flexibility index (Phi) is 8.02. The zero-order valence-electron chi connectivity index (χ0n) is 12.0. The van der Waals surface area contributed by atoms with Crippen molar-refractivity contribution < 1.29 is 19.0 Å². The van der Waals surface area contributed by atoms with Crippen molar-refractivity contribution in [1.82, 2.24) is 0 Å². The topological polar surface area (TPSA) is 70.8 Å². The van der Waals surface area contributed by atoms with Crippen LogP contribution < -0.4 is 5.73 Å². The number of carbonyl (C=O) groups is 1. The number of hydrogen-bond donors (Lipinski definition) is 1. The Morgan fingerprint density at radius 3 is 2.53 bits per heavy atom. The first kappa shape index (κ1) is 16.4. The average Bonchev–Trinajstić information content (AvgIpc) is 2.38. The molecule has 0 unspecified atom stereocenters. The van der Waals surface area contributed by atoms with E-state index in [1.165, 1.54) is 6.42 Å². The van der Waals surface area contributed by atoms with E-state index in [1.807, 2.05) is 0 Å². The molecule has 1 aliphatic carbocycles. The zero-order chi connectivity index (χ0) is 14.0. The number of rotatable bonds is 9. The molecular formula is C14H27NO4. The zero-order valence-corrected chi connectivity index (χ0v) is 12.0. The van der Waals surface area contributed by atoms with Gasteiger partial charge in [-0.15, -0.1) is 0 Å². The molecule has 1 fully saturated rings. The molecule has 112 valence electrons. The molecule has 0 aromatic rings. The third-order valence-corrected chi connectivity index (χ3v) is 3.47. The normalized spacial score (nSPS) is 18.2. The molecule has 0 aromatic heterocycles. The smallest absolute Gasteiger partial charge is 0.307 e. The van der Waals surface area contributed by atoms with Gasteiger partial charge in [-0.05, 0) is 19.3 Å². The van der Waals surface area contributed by atoms with Crippen molar-refractivity contribution in [2.45, 2.75) is 50.5 Å². The van der Waals surface area contributed by atoms with Gasteiger partial charge in [0.2, 0.25) is 0 Å². The third kappa shape index (κ3) is 7.50. The minimum Gasteiger partial charge on any atom is -0.463 e. The van der Waals surface area contributed by atoms with E-state index in [-0.39, 0.29) is 11.5 Å². The molecule has 0 aromatic carbocycles. The van der Waals surface area contributed by atoms with Gasteiger partial charge in [-0.25, -0.2) is 0 Å². The van der Waals surface area contributed by atoms with Crippen molar-refractivity contribution in [3.63, 3.8) is 0 Å². The molecule has 0 aliphatic heterocycles. The Morgan fingerprint density at radius 1 is 1.11 bits per heavy atom. The Labute approximate surface area is 115 Å². The van der Waals surface area contributed by atoms with E-state index >= 15 is 0 Å². The summed E-state index contributed by atoms with van der Waals surface area (Å²) in [4.78, 5) is 11.7. The summed E-state index contributed by atoms with van der Waals surface area (Å²) >= 11 is 0. The number of ether oxygens (including phenoxy) is 3. The van der Waals surface area contributed by atoms with Crippen molar-refractivity contribution in [2.75, 3.05) is 33.5 Å². The van der Waals surface area contributed by atoms with Crippen LogP contribution in [0.4, 0.5) is 0 Å². The molecule has 19 heavy (non-hydrogen) atoms. The van der Waals surface area contributed by atoms with Crippen molar-refractivity contribution in [3.8, 4) is 0 Å². The van der Waals surface area contributed by atoms with Crippen LogP contribution in [0.3, 0.4) is 0 Å². The summed E-state index contributed by atoms with van der Waals surface area (Å²) in [5.74, 6) is -0.204. The van der Waals surface area contributed by atoms with Gasteiger partial charge in [0, 0.05) is 25.9 Å². The highest BCUT2D eigenvalue weighted by atomic mass is 16.6. The second-order valence-corrected chi connectivity index (χ2v) is 5.28. The third-order valence-electron chi connectivity index (χ3n) is 3.47. The fraction of sp³-hybridized carbons (Fsp3) is 0.929. The number of nitrogens with two attached hydrogens (primary N) is 1. The lowest BCUT2D eigenvalue weighted by atomic mass is 9.80. The second kappa shape index (κ2) is 9.28. The maximum absolute atomic E-state index is 11.7. The highest BCUT2D eigenvalue weighted by Crippen LogP contribution is 2.28. The van der Waals surface area contributed by atoms with Gasteiger partial charge in [0.15, 0.2) is 0 Å². The molecule has 2 N–H and O–H groups in total. The first-order chi connectivity index (χ1) is 9.16. The molecular weight excluding hydrogens is 246 g/mol. The lowest BCUT2D eigenvalue weighted by molar-refractivity contribution is -0.147. The van der Waals surface area contributed by atoms with Crippen molar-refractivity contribution in [2.24, 2.45) is 5.73 Å². The Bertz CT molecular complexity index is 252. The van der Waals surface area contributed by atoms with Crippen molar-refractivity contribution in [3.05, 3.63) is 0 Å². The number of esters is 1. The summed E-state index contributed by atoms with van der Waals surface area (Å²) in [6.07, 6.45) is 6.50. The van der Waals surface area contributed by atoms with Crippen LogP contribution in [0.25, 0.3) is 0 Å². The fourth-order valence-electron chi connectivity index (χ4n) is 2.39. The highest BCUT2D eigenvalue weighted by molar-refractivity contribution is 5.70. The van der Waals surface area contributed by atoms with E-state index in [4.69, 9.17) is 19.9 Å². The van der Waals surface area contributed by atoms with Gasteiger partial charge in [0.1, 0.15) is 6.61 Å². The molecule has 5 nitrogen and oxygen atoms in total. The average molecular weight is 273 g/mol. The monoisotopic (exact) mass is 273 g/mol. The molecule has 0 bridgehead atoms. The van der Waals surface area contributed by atoms with E-state index in [1.54, 1.807) is 7.11 Å². The Morgan fingerprint density at radius 2 is 1.84 bits per heavy atom. The summed E-state index contributed by atoms with van der Waals surface area (Å²) in [5.41, 5.74) is 5.86. The van der Waals surface area contributed by atoms with Crippen LogP contribution in [0, 0.1) is 0 Å². The molecule has 1 rings (SSSR count). The maximum Gasteiger partial charge on any atom is 0.307 e. The van der Waals surface area contributed by atoms with Gasteiger partial charge in [0.25, 0.3) is 0 Å². The van der Waals surface area contributed by atoms with E-state index in [2.05, 4.69) is 0 Å². The first-order valence-corrected chi connectivity index (χ1v) is 7.17. The summed E-state index contributed by atoms with van der Waals surface area (Å²) in [6.45, 7) is 2.07. The molecule has 0 saturated heterocycles. The van der Waals surface area contributed by atoms with Crippen LogP contribution in [0.5, 0.6) is 0 Å². The van der Waals surface area contributed by atoms with Crippen LogP contribution in [-0.2, 0) is 19.0 Å². The molecule has 1 aliphatic rings. The van der Waals surface area contributed by atoms with E-state index < -0.39 is 0 Å². The SMILES string of the molecule is COCCCOCCOC(=O)CC1(N)CCCCC1. The van der Waals surface area contributed by atoms with Crippen LogP contribution >= 0.6 is 0 Å². The van der Waals surface area contributed by atoms with Gasteiger partial charge >= 0.3 is 5.97 Å². The Balaban J connectivity index is 2.01. The first-order valence-electron chi connectivity index (χ1n) is 7.17. The maximum atomic E-state index is 11.7. The lowest BCUT2D eigenvalue weighted by Crippen LogP contribution is -2.44. The number of carbonyl (C=O) groups excluding carboxylic acids is 1. The molecule has 5 heteroatoms. The predicted molar refractivity (Wildman–Crippen MR) is 72.9 cm³/mol. The summed E-state index contributed by atoms with van der Waals surface area (Å²) in [5, 5.41) is 0. The Hall–Kier alpha value is -0.650. The highest BCUT2D eigenvalue weighted by Gasteiger charge is 2.30. The molecule has 0 spiro atoms. The van der Waals surface area contributed by atoms with Crippen molar-refractivity contribution >= 4 is 5.97 Å². The van der Waals surface area contributed by atoms with Gasteiger partial charge in [0.05, 0.1) is 13.0 Å². The number of methoxy groups -OCH3 is 1. The molecule has 0 atom stereocenters. The van der Waals surface area contributed by atoms with Gasteiger partial charge in [-0.1, -0.05) is 19.3 Å². The van der Waals surface area contributed by atoms with E-state index in [9.17, 15) is 4.79 Å². The van der Waals surface area contributed by atoms with Crippen LogP contribution in [0.1, 0.15) is 44.9 Å². The van der Waals surface area contributed by atoms with Gasteiger partial charge in [-0.3, -0.25) is 4.79 Å². The summed E-state index contributed by atoms with van der Waals surface area (Å²) < 4.78 is 15.4.